The molecule has 32 heavy (non-hydrogen) atoms. The SMILES string of the molecule is Cc1ccc([C@@H](NC(=O)CN2C(=O)N[C@]3(CCc4ccccc43)C2=O)c2cccs2)cc1. The van der Waals surface area contributed by atoms with Crippen LogP contribution >= 0.6 is 11.3 Å². The molecule has 1 spiro atoms. The monoisotopic (exact) mass is 445 g/mol. The number of hydrogen-bond donors (Lipinski definition) is 2. The summed E-state index contributed by atoms with van der Waals surface area (Å²) < 4.78 is 0. The first kappa shape index (κ1) is 20.5. The molecule has 2 N–H and O–H groups in total. The molecule has 2 aliphatic rings. The van der Waals surface area contributed by atoms with Crippen LogP contribution < -0.4 is 10.6 Å². The lowest BCUT2D eigenvalue weighted by atomic mass is 9.92. The zero-order valence-electron chi connectivity index (χ0n) is 17.6. The normalized spacial score (nSPS) is 20.3. The summed E-state index contributed by atoms with van der Waals surface area (Å²) in [5.41, 5.74) is 2.91. The van der Waals surface area contributed by atoms with E-state index in [-0.39, 0.29) is 24.4 Å². The highest BCUT2D eigenvalue weighted by atomic mass is 32.1. The number of rotatable bonds is 5. The molecule has 1 fully saturated rings. The average Bonchev–Trinajstić information content (AvgIpc) is 3.50. The molecule has 3 aromatic rings. The van der Waals surface area contributed by atoms with Crippen LogP contribution in [0.25, 0.3) is 0 Å². The molecule has 1 aromatic heterocycles. The predicted octanol–water partition coefficient (Wildman–Crippen LogP) is 3.66. The Bertz CT molecular complexity index is 1190. The summed E-state index contributed by atoms with van der Waals surface area (Å²) >= 11 is 1.55. The largest absolute Gasteiger partial charge is 0.343 e. The third-order valence-corrected chi connectivity index (χ3v) is 7.20. The fraction of sp³-hybridized carbons (Fsp3) is 0.240. The van der Waals surface area contributed by atoms with E-state index >= 15 is 0 Å². The Morgan fingerprint density at radius 3 is 2.66 bits per heavy atom. The minimum Gasteiger partial charge on any atom is -0.343 e. The van der Waals surface area contributed by atoms with E-state index in [1.807, 2.05) is 73.0 Å². The van der Waals surface area contributed by atoms with E-state index in [2.05, 4.69) is 10.6 Å². The van der Waals surface area contributed by atoms with E-state index in [4.69, 9.17) is 0 Å². The molecule has 1 aliphatic heterocycles. The first-order valence-electron chi connectivity index (χ1n) is 10.6. The van der Waals surface area contributed by atoms with E-state index in [1.165, 1.54) is 0 Å². The summed E-state index contributed by atoms with van der Waals surface area (Å²) in [5, 5.41) is 7.85. The second-order valence-electron chi connectivity index (χ2n) is 8.31. The third kappa shape index (κ3) is 3.39. The maximum atomic E-state index is 13.3. The topological polar surface area (TPSA) is 78.5 Å². The predicted molar refractivity (Wildman–Crippen MR) is 122 cm³/mol. The molecule has 162 valence electrons. The number of fused-ring (bicyclic) bond motifs is 2. The van der Waals surface area contributed by atoms with Gasteiger partial charge in [0.25, 0.3) is 5.91 Å². The number of urea groups is 1. The van der Waals surface area contributed by atoms with Crippen molar-refractivity contribution in [3.05, 3.63) is 93.2 Å². The van der Waals surface area contributed by atoms with Crippen molar-refractivity contribution >= 4 is 29.2 Å². The molecule has 1 saturated heterocycles. The van der Waals surface area contributed by atoms with Gasteiger partial charge in [0.15, 0.2) is 0 Å². The Labute approximate surface area is 190 Å². The van der Waals surface area contributed by atoms with Crippen molar-refractivity contribution in [1.82, 2.24) is 15.5 Å². The minimum absolute atomic E-state index is 0.317. The van der Waals surface area contributed by atoms with Crippen LogP contribution in [0.1, 0.15) is 39.6 Å². The van der Waals surface area contributed by atoms with Crippen molar-refractivity contribution in [2.75, 3.05) is 6.54 Å². The lowest BCUT2D eigenvalue weighted by Crippen LogP contribution is -2.44. The van der Waals surface area contributed by atoms with Gasteiger partial charge in [0.1, 0.15) is 12.1 Å². The number of benzene rings is 2. The highest BCUT2D eigenvalue weighted by molar-refractivity contribution is 7.10. The van der Waals surface area contributed by atoms with Crippen molar-refractivity contribution in [1.29, 1.82) is 0 Å². The summed E-state index contributed by atoms with van der Waals surface area (Å²) in [6.45, 7) is 1.69. The quantitative estimate of drug-likeness (QED) is 0.589. The van der Waals surface area contributed by atoms with Crippen LogP contribution in [0.5, 0.6) is 0 Å². The molecule has 2 atom stereocenters. The Kier molecular flexibility index (Phi) is 5.06. The summed E-state index contributed by atoms with van der Waals surface area (Å²) in [5.74, 6) is -0.735. The van der Waals surface area contributed by atoms with Gasteiger partial charge in [-0.1, -0.05) is 60.2 Å². The van der Waals surface area contributed by atoms with Crippen molar-refractivity contribution < 1.29 is 14.4 Å². The summed E-state index contributed by atoms with van der Waals surface area (Å²) in [6, 6.07) is 18.7. The van der Waals surface area contributed by atoms with E-state index in [9.17, 15) is 14.4 Å². The Balaban J connectivity index is 1.36. The van der Waals surface area contributed by atoms with Crippen LogP contribution in [-0.2, 0) is 21.5 Å². The summed E-state index contributed by atoms with van der Waals surface area (Å²) in [6.07, 6.45) is 1.23. The molecule has 4 amide bonds. The van der Waals surface area contributed by atoms with Gasteiger partial charge in [-0.05, 0) is 47.9 Å². The number of nitrogens with one attached hydrogen (secondary N) is 2. The fourth-order valence-corrected chi connectivity index (χ4v) is 5.42. The zero-order valence-corrected chi connectivity index (χ0v) is 18.4. The molecular formula is C25H23N3O3S. The number of hydrogen-bond acceptors (Lipinski definition) is 4. The molecule has 0 unspecified atom stereocenters. The van der Waals surface area contributed by atoms with Crippen LogP contribution in [0.2, 0.25) is 0 Å². The number of aryl methyl sites for hydroxylation is 2. The maximum absolute atomic E-state index is 13.3. The average molecular weight is 446 g/mol. The lowest BCUT2D eigenvalue weighted by Gasteiger charge is -2.23. The number of amides is 4. The van der Waals surface area contributed by atoms with Gasteiger partial charge >= 0.3 is 6.03 Å². The van der Waals surface area contributed by atoms with Gasteiger partial charge in [0.2, 0.25) is 5.91 Å². The zero-order chi connectivity index (χ0) is 22.3. The van der Waals surface area contributed by atoms with Crippen molar-refractivity contribution in [3.63, 3.8) is 0 Å². The maximum Gasteiger partial charge on any atom is 0.325 e. The molecule has 0 saturated carbocycles. The van der Waals surface area contributed by atoms with Gasteiger partial charge in [-0.2, -0.15) is 0 Å². The van der Waals surface area contributed by atoms with Gasteiger partial charge < -0.3 is 10.6 Å². The standard InChI is InChI=1S/C25H23N3O3S/c1-16-8-10-18(11-9-16)22(20-7-4-14-32-20)26-21(29)15-28-23(30)25(27-24(28)31)13-12-17-5-2-3-6-19(17)25/h2-11,14,22H,12-13,15H2,1H3,(H,26,29)(H,27,31)/t22-,25+/m1/s1. The molecule has 0 bridgehead atoms. The van der Waals surface area contributed by atoms with Gasteiger partial charge in [0, 0.05) is 4.88 Å². The van der Waals surface area contributed by atoms with E-state index < -0.39 is 11.6 Å². The number of carbonyl (C=O) groups is 3. The highest BCUT2D eigenvalue weighted by Gasteiger charge is 2.55. The summed E-state index contributed by atoms with van der Waals surface area (Å²) in [7, 11) is 0. The van der Waals surface area contributed by atoms with Gasteiger partial charge in [-0.3, -0.25) is 14.5 Å². The molecule has 7 heteroatoms. The molecule has 0 radical (unpaired) electrons. The van der Waals surface area contributed by atoms with Crippen molar-refractivity contribution in [3.8, 4) is 0 Å². The number of nitrogens with zero attached hydrogens (tertiary/aromatic N) is 1. The highest BCUT2D eigenvalue weighted by Crippen LogP contribution is 2.41. The first-order chi connectivity index (χ1) is 15.5. The second-order valence-corrected chi connectivity index (χ2v) is 9.29. The lowest BCUT2D eigenvalue weighted by molar-refractivity contribution is -0.135. The van der Waals surface area contributed by atoms with E-state index in [0.29, 0.717) is 6.42 Å². The van der Waals surface area contributed by atoms with Gasteiger partial charge in [-0.25, -0.2) is 4.79 Å². The molecule has 2 aromatic carbocycles. The molecular weight excluding hydrogens is 422 g/mol. The molecule has 5 rings (SSSR count). The van der Waals surface area contributed by atoms with Gasteiger partial charge in [0.05, 0.1) is 6.04 Å². The number of imide groups is 1. The van der Waals surface area contributed by atoms with E-state index in [0.717, 1.165) is 38.5 Å². The van der Waals surface area contributed by atoms with Crippen molar-refractivity contribution in [2.45, 2.75) is 31.3 Å². The van der Waals surface area contributed by atoms with Crippen LogP contribution in [0.3, 0.4) is 0 Å². The van der Waals surface area contributed by atoms with Crippen LogP contribution in [0.4, 0.5) is 4.79 Å². The smallest absolute Gasteiger partial charge is 0.325 e. The Morgan fingerprint density at radius 1 is 1.12 bits per heavy atom. The van der Waals surface area contributed by atoms with Gasteiger partial charge in [-0.15, -0.1) is 11.3 Å². The van der Waals surface area contributed by atoms with Crippen molar-refractivity contribution in [2.24, 2.45) is 0 Å². The van der Waals surface area contributed by atoms with Crippen LogP contribution in [0, 0.1) is 6.92 Å². The summed E-state index contributed by atoms with van der Waals surface area (Å²) in [4.78, 5) is 41.1. The number of thiophene rings is 1. The first-order valence-corrected chi connectivity index (χ1v) is 11.5. The fourth-order valence-electron chi connectivity index (χ4n) is 4.62. The number of carbonyl (C=O) groups excluding carboxylic acids is 3. The molecule has 2 heterocycles. The third-order valence-electron chi connectivity index (χ3n) is 6.27. The van der Waals surface area contributed by atoms with E-state index in [1.54, 1.807) is 11.3 Å². The van der Waals surface area contributed by atoms with Crippen LogP contribution in [-0.4, -0.2) is 29.3 Å². The Morgan fingerprint density at radius 2 is 1.91 bits per heavy atom. The molecule has 6 nitrogen and oxygen atoms in total. The Hall–Kier alpha value is -3.45. The van der Waals surface area contributed by atoms with Crippen LogP contribution in [0.15, 0.2) is 66.0 Å². The second kappa shape index (κ2) is 7.91. The molecule has 1 aliphatic carbocycles. The minimum atomic E-state index is -1.06.